The van der Waals surface area contributed by atoms with E-state index in [1.165, 1.54) is 25.7 Å². The van der Waals surface area contributed by atoms with Crippen LogP contribution in [0.15, 0.2) is 53.8 Å². The first-order valence-electron chi connectivity index (χ1n) is 14.8. The Kier molecular flexibility index (Phi) is 6.36. The van der Waals surface area contributed by atoms with Crippen molar-refractivity contribution in [2.45, 2.75) is 83.3 Å². The fourth-order valence-electron chi connectivity index (χ4n) is 6.32. The molecule has 8 heteroatoms. The van der Waals surface area contributed by atoms with Gasteiger partial charge in [0.15, 0.2) is 23.0 Å². The zero-order valence-electron chi connectivity index (χ0n) is 23.9. The molecule has 1 aromatic heterocycles. The van der Waals surface area contributed by atoms with Gasteiger partial charge in [0.2, 0.25) is 0 Å². The third kappa shape index (κ3) is 5.11. The average molecular weight is 553 g/mol. The fraction of sp³-hybridized carbons (Fsp3) is 0.424. The fourth-order valence-corrected chi connectivity index (χ4v) is 6.32. The first-order chi connectivity index (χ1) is 19.8. The first-order valence-corrected chi connectivity index (χ1v) is 14.8. The van der Waals surface area contributed by atoms with Gasteiger partial charge in [-0.3, -0.25) is 9.89 Å². The van der Waals surface area contributed by atoms with Crippen molar-refractivity contribution < 1.29 is 19.0 Å². The molecule has 3 aliphatic heterocycles. The second kappa shape index (κ2) is 10.1. The second-order valence-corrected chi connectivity index (χ2v) is 12.5. The Balaban J connectivity index is 1.03. The maximum absolute atomic E-state index is 12.8. The Morgan fingerprint density at radius 1 is 0.951 bits per heavy atom. The summed E-state index contributed by atoms with van der Waals surface area (Å²) in [4.78, 5) is 27.5. The minimum absolute atomic E-state index is 0.0269. The highest BCUT2D eigenvalue weighted by Crippen LogP contribution is 2.48. The summed E-state index contributed by atoms with van der Waals surface area (Å²) >= 11 is 0. The number of hydrogen-bond acceptors (Lipinski definition) is 6. The van der Waals surface area contributed by atoms with Crippen LogP contribution in [0.25, 0.3) is 16.8 Å². The molecule has 1 aliphatic carbocycles. The molecule has 0 radical (unpaired) electrons. The van der Waals surface area contributed by atoms with Crippen LogP contribution >= 0.6 is 0 Å². The molecule has 212 valence electrons. The molecule has 1 saturated carbocycles. The number of nitrogens with one attached hydrogen (secondary N) is 1. The number of amides is 1. The van der Waals surface area contributed by atoms with Crippen LogP contribution in [-0.4, -0.2) is 44.9 Å². The van der Waals surface area contributed by atoms with Gasteiger partial charge >= 0.3 is 6.09 Å². The number of benzene rings is 2. The third-order valence-electron chi connectivity index (χ3n) is 8.37. The highest BCUT2D eigenvalue weighted by Gasteiger charge is 2.36. The number of aromatic nitrogens is 2. The SMILES string of the molecule is CC(C)(C)OC(=O)N1CCC[C@H]1C1=NC=C(c2ccc3c(c2)Oc2ccc(-c4cnc(C5CCCC5)[nH]4)cc2O3)C1. The molecule has 1 N–H and O–H groups in total. The number of carbonyl (C=O) groups is 1. The molecule has 0 spiro atoms. The van der Waals surface area contributed by atoms with Gasteiger partial charge in [0, 0.05) is 36.4 Å². The summed E-state index contributed by atoms with van der Waals surface area (Å²) in [6.45, 7) is 6.38. The van der Waals surface area contributed by atoms with Crippen LogP contribution in [0.4, 0.5) is 4.79 Å². The number of allylic oxidation sites excluding steroid dienone is 1. The zero-order chi connectivity index (χ0) is 28.1. The van der Waals surface area contributed by atoms with E-state index in [1.54, 1.807) is 0 Å². The van der Waals surface area contributed by atoms with Crippen LogP contribution < -0.4 is 9.47 Å². The molecule has 0 unspecified atom stereocenters. The molecule has 4 aliphatic rings. The number of ether oxygens (including phenoxy) is 3. The Morgan fingerprint density at radius 3 is 2.39 bits per heavy atom. The number of hydrogen-bond donors (Lipinski definition) is 1. The van der Waals surface area contributed by atoms with Crippen molar-refractivity contribution in [3.8, 4) is 34.3 Å². The molecular formula is C33H36N4O4. The number of fused-ring (bicyclic) bond motifs is 2. The Bertz CT molecular complexity index is 1560. The molecule has 3 aromatic rings. The maximum atomic E-state index is 12.8. The number of aromatic amines is 1. The van der Waals surface area contributed by atoms with Gasteiger partial charge in [0.25, 0.3) is 0 Å². The highest BCUT2D eigenvalue weighted by molar-refractivity contribution is 6.03. The van der Waals surface area contributed by atoms with E-state index in [0.29, 0.717) is 41.9 Å². The minimum atomic E-state index is -0.520. The Hall–Kier alpha value is -4.07. The summed E-state index contributed by atoms with van der Waals surface area (Å²) in [5.74, 6) is 4.36. The quantitative estimate of drug-likeness (QED) is 0.276. The molecule has 1 saturated heterocycles. The predicted molar refractivity (Wildman–Crippen MR) is 158 cm³/mol. The van der Waals surface area contributed by atoms with Gasteiger partial charge in [-0.05, 0) is 87.9 Å². The average Bonchev–Trinajstić information content (AvgIpc) is 3.76. The van der Waals surface area contributed by atoms with Crippen molar-refractivity contribution in [2.75, 3.05) is 6.54 Å². The summed E-state index contributed by atoms with van der Waals surface area (Å²) in [5, 5.41) is 0. The lowest BCUT2D eigenvalue weighted by Crippen LogP contribution is -2.43. The van der Waals surface area contributed by atoms with Crippen LogP contribution in [-0.2, 0) is 4.74 Å². The monoisotopic (exact) mass is 552 g/mol. The molecule has 8 nitrogen and oxygen atoms in total. The van der Waals surface area contributed by atoms with E-state index in [-0.39, 0.29) is 12.1 Å². The number of nitrogens with zero attached hydrogens (tertiary/aromatic N) is 3. The third-order valence-corrected chi connectivity index (χ3v) is 8.37. The number of H-pyrrole nitrogens is 1. The van der Waals surface area contributed by atoms with Gasteiger partial charge in [-0.1, -0.05) is 18.9 Å². The number of likely N-dealkylation sites (tertiary alicyclic amines) is 1. The highest BCUT2D eigenvalue weighted by atomic mass is 16.6. The summed E-state index contributed by atoms with van der Waals surface area (Å²) in [6, 6.07) is 12.0. The summed E-state index contributed by atoms with van der Waals surface area (Å²) < 4.78 is 18.2. The maximum Gasteiger partial charge on any atom is 0.410 e. The van der Waals surface area contributed by atoms with E-state index in [9.17, 15) is 4.79 Å². The van der Waals surface area contributed by atoms with Crippen LogP contribution in [0, 0.1) is 0 Å². The van der Waals surface area contributed by atoms with Gasteiger partial charge in [-0.25, -0.2) is 9.78 Å². The molecule has 2 aromatic carbocycles. The molecule has 41 heavy (non-hydrogen) atoms. The van der Waals surface area contributed by atoms with Gasteiger partial charge in [-0.2, -0.15) is 0 Å². The number of imidazole rings is 1. The van der Waals surface area contributed by atoms with Crippen LogP contribution in [0.2, 0.25) is 0 Å². The van der Waals surface area contributed by atoms with Gasteiger partial charge in [-0.15, -0.1) is 0 Å². The zero-order valence-corrected chi connectivity index (χ0v) is 23.9. The lowest BCUT2D eigenvalue weighted by molar-refractivity contribution is 0.0265. The van der Waals surface area contributed by atoms with Crippen molar-refractivity contribution in [3.05, 3.63) is 60.2 Å². The normalized spacial score (nSPS) is 20.2. The summed E-state index contributed by atoms with van der Waals surface area (Å²) in [7, 11) is 0. The smallest absolute Gasteiger partial charge is 0.410 e. The molecular weight excluding hydrogens is 516 g/mol. The van der Waals surface area contributed by atoms with Crippen LogP contribution in [0.3, 0.4) is 0 Å². The predicted octanol–water partition coefficient (Wildman–Crippen LogP) is 8.22. The van der Waals surface area contributed by atoms with E-state index >= 15 is 0 Å². The number of aliphatic imine (C=N–C) groups is 1. The minimum Gasteiger partial charge on any atom is -0.449 e. The van der Waals surface area contributed by atoms with Gasteiger partial charge < -0.3 is 19.2 Å². The Morgan fingerprint density at radius 2 is 1.66 bits per heavy atom. The van der Waals surface area contributed by atoms with Crippen LogP contribution in [0.5, 0.6) is 23.0 Å². The molecule has 1 atom stereocenters. The van der Waals surface area contributed by atoms with E-state index < -0.39 is 5.60 Å². The van der Waals surface area contributed by atoms with E-state index in [1.807, 2.05) is 74.5 Å². The Labute approximate surface area is 240 Å². The van der Waals surface area contributed by atoms with Gasteiger partial charge in [0.05, 0.1) is 17.9 Å². The molecule has 7 rings (SSSR count). The summed E-state index contributed by atoms with van der Waals surface area (Å²) in [5.41, 5.74) is 4.64. The number of rotatable bonds is 4. The largest absolute Gasteiger partial charge is 0.449 e. The molecule has 4 heterocycles. The standard InChI is InChI=1S/C33H36N4O4/c1-33(2,3)41-32(38)37-14-6-9-26(37)24-15-23(18-34-24)21-10-12-27-29(16-21)39-28-13-11-22(17-30(28)40-27)25-19-35-31(36-25)20-7-4-5-8-20/h10-13,16-20,26H,4-9,14-15H2,1-3H3,(H,35,36)/t26-/m0/s1. The summed E-state index contributed by atoms with van der Waals surface area (Å²) in [6.07, 6.45) is 11.1. The topological polar surface area (TPSA) is 89.0 Å². The van der Waals surface area contributed by atoms with E-state index in [0.717, 1.165) is 46.8 Å². The first kappa shape index (κ1) is 25.9. The van der Waals surface area contributed by atoms with Crippen molar-refractivity contribution in [3.63, 3.8) is 0 Å². The van der Waals surface area contributed by atoms with Crippen molar-refractivity contribution >= 4 is 17.4 Å². The lowest BCUT2D eigenvalue weighted by atomic mass is 9.98. The molecule has 2 fully saturated rings. The van der Waals surface area contributed by atoms with E-state index in [2.05, 4.69) is 9.97 Å². The molecule has 1 amide bonds. The van der Waals surface area contributed by atoms with Crippen LogP contribution in [0.1, 0.15) is 83.0 Å². The van der Waals surface area contributed by atoms with Crippen molar-refractivity contribution in [1.82, 2.24) is 14.9 Å². The second-order valence-electron chi connectivity index (χ2n) is 12.5. The van der Waals surface area contributed by atoms with Gasteiger partial charge in [0.1, 0.15) is 11.4 Å². The number of carbonyl (C=O) groups excluding carboxylic acids is 1. The van der Waals surface area contributed by atoms with Crippen molar-refractivity contribution in [2.24, 2.45) is 4.99 Å². The molecule has 0 bridgehead atoms. The van der Waals surface area contributed by atoms with E-state index in [4.69, 9.17) is 19.2 Å². The lowest BCUT2D eigenvalue weighted by Gasteiger charge is -2.28. The van der Waals surface area contributed by atoms with Crippen molar-refractivity contribution in [1.29, 1.82) is 0 Å².